The maximum Gasteiger partial charge on any atom is 0.106 e. The summed E-state index contributed by atoms with van der Waals surface area (Å²) in [5, 5.41) is 7.57. The second-order valence-electron chi connectivity index (χ2n) is 6.52. The second-order valence-corrected chi connectivity index (χ2v) is 7.33. The summed E-state index contributed by atoms with van der Waals surface area (Å²) in [4.78, 5) is 4.52. The number of rotatable bonds is 3. The van der Waals surface area contributed by atoms with Gasteiger partial charge in [-0.3, -0.25) is 0 Å². The second kappa shape index (κ2) is 7.10. The highest BCUT2D eigenvalue weighted by Crippen LogP contribution is 2.33. The largest absolute Gasteiger partial charge is 0.381 e. The van der Waals surface area contributed by atoms with Gasteiger partial charge in [-0.25, -0.2) is 4.98 Å². The Morgan fingerprint density at radius 2 is 1.95 bits per heavy atom. The Hall–Kier alpha value is -0.610. The maximum absolute atomic E-state index is 4.52. The standard InChI is InChI=1S/C17H26BrN3/c1-12-14(9-10-17(18)20-12)21-16-8-3-2-6-13(16)15-7-4-5-11-19-15/h9-10,13,15-16,19,21H,2-8,11H2,1H3. The summed E-state index contributed by atoms with van der Waals surface area (Å²) >= 11 is 3.45. The van der Waals surface area contributed by atoms with Crippen LogP contribution in [0.2, 0.25) is 0 Å². The molecule has 3 rings (SSSR count). The van der Waals surface area contributed by atoms with Gasteiger partial charge in [0.15, 0.2) is 0 Å². The van der Waals surface area contributed by atoms with Crippen molar-refractivity contribution in [2.45, 2.75) is 64.0 Å². The van der Waals surface area contributed by atoms with E-state index in [4.69, 9.17) is 0 Å². The molecular formula is C17H26BrN3. The van der Waals surface area contributed by atoms with Crippen molar-refractivity contribution in [1.82, 2.24) is 10.3 Å². The molecule has 1 saturated heterocycles. The van der Waals surface area contributed by atoms with Crippen LogP contribution in [0.15, 0.2) is 16.7 Å². The van der Waals surface area contributed by atoms with E-state index in [1.807, 2.05) is 6.07 Å². The number of piperidine rings is 1. The number of nitrogens with zero attached hydrogens (tertiary/aromatic N) is 1. The van der Waals surface area contributed by atoms with E-state index in [2.05, 4.69) is 44.5 Å². The molecule has 1 saturated carbocycles. The molecule has 0 aromatic carbocycles. The summed E-state index contributed by atoms with van der Waals surface area (Å²) in [6, 6.07) is 5.49. The van der Waals surface area contributed by atoms with E-state index in [9.17, 15) is 0 Å². The lowest BCUT2D eigenvalue weighted by Gasteiger charge is -2.40. The first-order valence-corrected chi connectivity index (χ1v) is 9.16. The van der Waals surface area contributed by atoms with E-state index in [0.29, 0.717) is 12.1 Å². The molecule has 0 amide bonds. The SMILES string of the molecule is Cc1nc(Br)ccc1NC1CCCCC1C1CCCCN1. The van der Waals surface area contributed by atoms with E-state index in [0.717, 1.165) is 16.2 Å². The molecule has 1 aromatic rings. The van der Waals surface area contributed by atoms with E-state index < -0.39 is 0 Å². The highest BCUT2D eigenvalue weighted by Gasteiger charge is 2.32. The predicted molar refractivity (Wildman–Crippen MR) is 91.7 cm³/mol. The summed E-state index contributed by atoms with van der Waals surface area (Å²) in [5.41, 5.74) is 2.29. The summed E-state index contributed by atoms with van der Waals surface area (Å²) in [5.74, 6) is 0.766. The van der Waals surface area contributed by atoms with Gasteiger partial charge in [0.25, 0.3) is 0 Å². The Labute approximate surface area is 136 Å². The molecule has 116 valence electrons. The summed E-state index contributed by atoms with van der Waals surface area (Å²) in [7, 11) is 0. The molecule has 3 unspecified atom stereocenters. The van der Waals surface area contributed by atoms with Crippen molar-refractivity contribution in [3.05, 3.63) is 22.4 Å². The number of anilines is 1. The van der Waals surface area contributed by atoms with E-state index >= 15 is 0 Å². The number of hydrogen-bond acceptors (Lipinski definition) is 3. The molecule has 3 atom stereocenters. The minimum atomic E-state index is 0.594. The van der Waals surface area contributed by atoms with Gasteiger partial charge in [0.1, 0.15) is 4.60 Å². The van der Waals surface area contributed by atoms with Crippen molar-refractivity contribution >= 4 is 21.6 Å². The highest BCUT2D eigenvalue weighted by atomic mass is 79.9. The molecule has 21 heavy (non-hydrogen) atoms. The number of halogens is 1. The quantitative estimate of drug-likeness (QED) is 0.798. The van der Waals surface area contributed by atoms with Gasteiger partial charge in [0.2, 0.25) is 0 Å². The molecule has 2 N–H and O–H groups in total. The molecule has 3 nitrogen and oxygen atoms in total. The Bertz CT molecular complexity index is 471. The van der Waals surface area contributed by atoms with Crippen LogP contribution in [-0.4, -0.2) is 23.6 Å². The average Bonchev–Trinajstić information content (AvgIpc) is 2.51. The first-order chi connectivity index (χ1) is 10.2. The third-order valence-electron chi connectivity index (χ3n) is 5.08. The highest BCUT2D eigenvalue weighted by molar-refractivity contribution is 9.10. The third kappa shape index (κ3) is 3.78. The Morgan fingerprint density at radius 1 is 1.14 bits per heavy atom. The lowest BCUT2D eigenvalue weighted by Crippen LogP contribution is -2.48. The van der Waals surface area contributed by atoms with E-state index in [1.165, 1.54) is 57.2 Å². The molecule has 2 aliphatic rings. The molecule has 4 heteroatoms. The van der Waals surface area contributed by atoms with Crippen molar-refractivity contribution in [3.8, 4) is 0 Å². The lowest BCUT2D eigenvalue weighted by molar-refractivity contribution is 0.217. The van der Waals surface area contributed by atoms with Gasteiger partial charge in [-0.15, -0.1) is 0 Å². The van der Waals surface area contributed by atoms with Crippen LogP contribution in [0.25, 0.3) is 0 Å². The normalized spacial score (nSPS) is 30.1. The Morgan fingerprint density at radius 3 is 2.71 bits per heavy atom. The molecule has 2 fully saturated rings. The average molecular weight is 352 g/mol. The first-order valence-electron chi connectivity index (χ1n) is 8.37. The van der Waals surface area contributed by atoms with Crippen LogP contribution in [0, 0.1) is 12.8 Å². The fourth-order valence-electron chi connectivity index (χ4n) is 3.95. The topological polar surface area (TPSA) is 37.0 Å². The third-order valence-corrected chi connectivity index (χ3v) is 5.52. The van der Waals surface area contributed by atoms with Crippen LogP contribution < -0.4 is 10.6 Å². The van der Waals surface area contributed by atoms with Crippen LogP contribution in [-0.2, 0) is 0 Å². The van der Waals surface area contributed by atoms with E-state index in [1.54, 1.807) is 0 Å². The lowest BCUT2D eigenvalue weighted by atomic mass is 9.77. The van der Waals surface area contributed by atoms with Crippen molar-refractivity contribution in [2.24, 2.45) is 5.92 Å². The summed E-state index contributed by atoms with van der Waals surface area (Å²) < 4.78 is 0.916. The molecule has 1 aliphatic carbocycles. The zero-order chi connectivity index (χ0) is 14.7. The van der Waals surface area contributed by atoms with Gasteiger partial charge in [0, 0.05) is 12.1 Å². The first kappa shape index (κ1) is 15.3. The van der Waals surface area contributed by atoms with Gasteiger partial charge >= 0.3 is 0 Å². The van der Waals surface area contributed by atoms with Crippen LogP contribution in [0.4, 0.5) is 5.69 Å². The monoisotopic (exact) mass is 351 g/mol. The molecule has 0 radical (unpaired) electrons. The smallest absolute Gasteiger partial charge is 0.106 e. The number of pyridine rings is 1. The van der Waals surface area contributed by atoms with Gasteiger partial charge in [-0.05, 0) is 73.1 Å². The molecule has 0 spiro atoms. The molecular weight excluding hydrogens is 326 g/mol. The van der Waals surface area contributed by atoms with Crippen molar-refractivity contribution in [1.29, 1.82) is 0 Å². The maximum atomic E-state index is 4.52. The minimum absolute atomic E-state index is 0.594. The Kier molecular flexibility index (Phi) is 5.17. The summed E-state index contributed by atoms with van der Waals surface area (Å²) in [6.07, 6.45) is 9.47. The Balaban J connectivity index is 1.71. The van der Waals surface area contributed by atoms with Gasteiger partial charge < -0.3 is 10.6 Å². The van der Waals surface area contributed by atoms with Gasteiger partial charge in [0.05, 0.1) is 11.4 Å². The van der Waals surface area contributed by atoms with Crippen molar-refractivity contribution in [3.63, 3.8) is 0 Å². The van der Waals surface area contributed by atoms with Crippen LogP contribution >= 0.6 is 15.9 Å². The van der Waals surface area contributed by atoms with Crippen molar-refractivity contribution < 1.29 is 0 Å². The van der Waals surface area contributed by atoms with Crippen molar-refractivity contribution in [2.75, 3.05) is 11.9 Å². The fourth-order valence-corrected chi connectivity index (χ4v) is 4.35. The number of aryl methyl sites for hydroxylation is 1. The molecule has 0 bridgehead atoms. The predicted octanol–water partition coefficient (Wildman–Crippen LogP) is 4.27. The van der Waals surface area contributed by atoms with Crippen LogP contribution in [0.3, 0.4) is 0 Å². The molecule has 1 aliphatic heterocycles. The van der Waals surface area contributed by atoms with Crippen LogP contribution in [0.1, 0.15) is 50.6 Å². The van der Waals surface area contributed by atoms with Gasteiger partial charge in [-0.1, -0.05) is 19.3 Å². The number of hydrogen-bond donors (Lipinski definition) is 2. The minimum Gasteiger partial charge on any atom is -0.381 e. The van der Waals surface area contributed by atoms with E-state index in [-0.39, 0.29) is 0 Å². The number of aromatic nitrogens is 1. The molecule has 2 heterocycles. The van der Waals surface area contributed by atoms with Gasteiger partial charge in [-0.2, -0.15) is 0 Å². The fraction of sp³-hybridized carbons (Fsp3) is 0.706. The zero-order valence-electron chi connectivity index (χ0n) is 12.9. The molecule has 1 aromatic heterocycles. The number of nitrogens with one attached hydrogen (secondary N) is 2. The van der Waals surface area contributed by atoms with Crippen LogP contribution in [0.5, 0.6) is 0 Å². The summed E-state index contributed by atoms with van der Waals surface area (Å²) in [6.45, 7) is 3.29. The zero-order valence-corrected chi connectivity index (χ0v) is 14.5.